The van der Waals surface area contributed by atoms with Crippen LogP contribution in [0.2, 0.25) is 0 Å². The number of hydrogen-bond acceptors (Lipinski definition) is 4. The maximum absolute atomic E-state index is 4.44. The molecule has 0 N–H and O–H groups in total. The van der Waals surface area contributed by atoms with Crippen LogP contribution >= 0.6 is 0 Å². The number of benzene rings is 1. The first kappa shape index (κ1) is 11.9. The number of rotatable bonds is 1. The molecule has 0 aliphatic carbocycles. The third-order valence-electron chi connectivity index (χ3n) is 3.81. The zero-order chi connectivity index (χ0) is 14.4. The molecule has 0 fully saturated rings. The van der Waals surface area contributed by atoms with Crippen LogP contribution in [-0.2, 0) is 0 Å². The molecule has 3 heterocycles. The molecule has 4 nitrogen and oxygen atoms in total. The normalized spacial score (nSPS) is 13.9. The molecule has 3 aromatic rings. The molecule has 102 valence electrons. The fourth-order valence-corrected chi connectivity index (χ4v) is 2.72. The zero-order valence-electron chi connectivity index (χ0n) is 11.7. The molecule has 1 aromatic carbocycles. The number of nitrogens with zero attached hydrogens (tertiary/aromatic N) is 4. The summed E-state index contributed by atoms with van der Waals surface area (Å²) in [6.07, 6.45) is 3.61. The Labute approximate surface area is 123 Å². The zero-order valence-corrected chi connectivity index (χ0v) is 11.7. The SMILES string of the molecule is C=C1N(C)c2ncccc2N1c1ccc2ncccc2c1. The molecule has 21 heavy (non-hydrogen) atoms. The highest BCUT2D eigenvalue weighted by Gasteiger charge is 2.29. The number of anilines is 3. The molecule has 4 rings (SSSR count). The predicted octanol–water partition coefficient (Wildman–Crippen LogP) is 3.69. The van der Waals surface area contributed by atoms with E-state index in [0.29, 0.717) is 0 Å². The molecular formula is C17H14N4. The topological polar surface area (TPSA) is 32.3 Å². The number of fused-ring (bicyclic) bond motifs is 2. The van der Waals surface area contributed by atoms with Gasteiger partial charge in [0.05, 0.1) is 11.2 Å². The van der Waals surface area contributed by atoms with Crippen molar-refractivity contribution in [3.63, 3.8) is 0 Å². The second-order valence-corrected chi connectivity index (χ2v) is 5.04. The Morgan fingerprint density at radius 3 is 2.71 bits per heavy atom. The van der Waals surface area contributed by atoms with E-state index in [0.717, 1.165) is 33.9 Å². The smallest absolute Gasteiger partial charge is 0.158 e. The summed E-state index contributed by atoms with van der Waals surface area (Å²) < 4.78 is 0. The lowest BCUT2D eigenvalue weighted by Crippen LogP contribution is -2.20. The summed E-state index contributed by atoms with van der Waals surface area (Å²) in [4.78, 5) is 12.9. The van der Waals surface area contributed by atoms with Crippen LogP contribution in [0.5, 0.6) is 0 Å². The van der Waals surface area contributed by atoms with E-state index in [1.165, 1.54) is 0 Å². The van der Waals surface area contributed by atoms with Gasteiger partial charge in [0.2, 0.25) is 0 Å². The van der Waals surface area contributed by atoms with E-state index in [1.54, 1.807) is 6.20 Å². The van der Waals surface area contributed by atoms with Crippen molar-refractivity contribution < 1.29 is 0 Å². The molecule has 0 spiro atoms. The molecule has 0 radical (unpaired) electrons. The standard InChI is InChI=1S/C17H14N4/c1-12-20(2)17-16(6-4-10-19-17)21(12)14-7-8-15-13(11-14)5-3-9-18-15/h3-11H,1H2,2H3. The van der Waals surface area contributed by atoms with Gasteiger partial charge in [0.25, 0.3) is 0 Å². The molecule has 0 atom stereocenters. The molecule has 4 heteroatoms. The van der Waals surface area contributed by atoms with Gasteiger partial charge in [-0.2, -0.15) is 0 Å². The van der Waals surface area contributed by atoms with Crippen molar-refractivity contribution >= 4 is 28.1 Å². The highest BCUT2D eigenvalue weighted by atomic mass is 15.4. The minimum Gasteiger partial charge on any atom is -0.314 e. The monoisotopic (exact) mass is 274 g/mol. The lowest BCUT2D eigenvalue weighted by molar-refractivity contribution is 1.07. The van der Waals surface area contributed by atoms with Crippen LogP contribution in [-0.4, -0.2) is 17.0 Å². The average molecular weight is 274 g/mol. The van der Waals surface area contributed by atoms with Gasteiger partial charge >= 0.3 is 0 Å². The second-order valence-electron chi connectivity index (χ2n) is 5.04. The number of hydrogen-bond donors (Lipinski definition) is 0. The summed E-state index contributed by atoms with van der Waals surface area (Å²) in [7, 11) is 1.98. The van der Waals surface area contributed by atoms with Crippen molar-refractivity contribution in [2.45, 2.75) is 0 Å². The second kappa shape index (κ2) is 4.31. The Hall–Kier alpha value is -2.88. The highest BCUT2D eigenvalue weighted by molar-refractivity contribution is 5.90. The van der Waals surface area contributed by atoms with Crippen LogP contribution in [0.15, 0.2) is 67.3 Å². The van der Waals surface area contributed by atoms with Crippen molar-refractivity contribution in [3.05, 3.63) is 67.3 Å². The summed E-state index contributed by atoms with van der Waals surface area (Å²) in [6.45, 7) is 4.18. The summed E-state index contributed by atoms with van der Waals surface area (Å²) in [6, 6.07) is 14.3. The van der Waals surface area contributed by atoms with E-state index in [9.17, 15) is 0 Å². The third kappa shape index (κ3) is 1.69. The van der Waals surface area contributed by atoms with Gasteiger partial charge < -0.3 is 4.90 Å². The maximum atomic E-state index is 4.44. The molecule has 0 saturated carbocycles. The Morgan fingerprint density at radius 1 is 1.00 bits per heavy atom. The summed E-state index contributed by atoms with van der Waals surface area (Å²) in [5.41, 5.74) is 3.11. The minimum absolute atomic E-state index is 0.895. The van der Waals surface area contributed by atoms with E-state index in [-0.39, 0.29) is 0 Å². The predicted molar refractivity (Wildman–Crippen MR) is 85.7 cm³/mol. The van der Waals surface area contributed by atoms with E-state index in [4.69, 9.17) is 0 Å². The van der Waals surface area contributed by atoms with E-state index >= 15 is 0 Å². The van der Waals surface area contributed by atoms with E-state index < -0.39 is 0 Å². The van der Waals surface area contributed by atoms with Crippen molar-refractivity contribution in [1.29, 1.82) is 0 Å². The first-order valence-corrected chi connectivity index (χ1v) is 6.78. The molecular weight excluding hydrogens is 260 g/mol. The van der Waals surface area contributed by atoms with Crippen molar-refractivity contribution in [3.8, 4) is 0 Å². The van der Waals surface area contributed by atoms with E-state index in [1.807, 2.05) is 36.3 Å². The molecule has 2 aromatic heterocycles. The lowest BCUT2D eigenvalue weighted by Gasteiger charge is -2.21. The maximum Gasteiger partial charge on any atom is 0.158 e. The first-order valence-electron chi connectivity index (χ1n) is 6.78. The first-order chi connectivity index (χ1) is 10.3. The molecule has 0 unspecified atom stereocenters. The van der Waals surface area contributed by atoms with Gasteiger partial charge in [-0.05, 0) is 36.4 Å². The fourth-order valence-electron chi connectivity index (χ4n) is 2.72. The van der Waals surface area contributed by atoms with Crippen LogP contribution in [0.25, 0.3) is 10.9 Å². The van der Waals surface area contributed by atoms with Gasteiger partial charge in [-0.25, -0.2) is 4.98 Å². The van der Waals surface area contributed by atoms with Gasteiger partial charge in [0, 0.05) is 30.5 Å². The summed E-state index contributed by atoms with van der Waals surface area (Å²) in [5, 5.41) is 1.11. The van der Waals surface area contributed by atoms with Crippen LogP contribution in [0, 0.1) is 0 Å². The molecule has 0 saturated heterocycles. The molecule has 1 aliphatic rings. The Bertz CT molecular complexity index is 856. The molecule has 0 amide bonds. The van der Waals surface area contributed by atoms with Crippen molar-refractivity contribution in [1.82, 2.24) is 9.97 Å². The summed E-state index contributed by atoms with van der Waals surface area (Å²) >= 11 is 0. The Morgan fingerprint density at radius 2 is 1.81 bits per heavy atom. The van der Waals surface area contributed by atoms with E-state index in [2.05, 4.69) is 45.7 Å². The van der Waals surface area contributed by atoms with Crippen LogP contribution < -0.4 is 9.80 Å². The van der Waals surface area contributed by atoms with Crippen LogP contribution in [0.1, 0.15) is 0 Å². The molecule has 0 bridgehead atoms. The fraction of sp³-hybridized carbons (Fsp3) is 0.0588. The van der Waals surface area contributed by atoms with Crippen molar-refractivity contribution in [2.24, 2.45) is 0 Å². The van der Waals surface area contributed by atoms with Crippen molar-refractivity contribution in [2.75, 3.05) is 16.8 Å². The Kier molecular flexibility index (Phi) is 2.44. The largest absolute Gasteiger partial charge is 0.314 e. The third-order valence-corrected chi connectivity index (χ3v) is 3.81. The molecule has 1 aliphatic heterocycles. The van der Waals surface area contributed by atoms with Gasteiger partial charge in [-0.3, -0.25) is 9.88 Å². The number of aromatic nitrogens is 2. The van der Waals surface area contributed by atoms with Gasteiger partial charge in [0.1, 0.15) is 5.82 Å². The summed E-state index contributed by atoms with van der Waals surface area (Å²) in [5.74, 6) is 1.82. The van der Waals surface area contributed by atoms with Gasteiger partial charge in [-0.15, -0.1) is 0 Å². The van der Waals surface area contributed by atoms with Crippen LogP contribution in [0.3, 0.4) is 0 Å². The Balaban J connectivity index is 1.90. The van der Waals surface area contributed by atoms with Crippen LogP contribution in [0.4, 0.5) is 17.2 Å². The average Bonchev–Trinajstić information content (AvgIpc) is 2.79. The van der Waals surface area contributed by atoms with Gasteiger partial charge in [0.15, 0.2) is 5.82 Å². The lowest BCUT2D eigenvalue weighted by atomic mass is 10.2. The highest BCUT2D eigenvalue weighted by Crippen LogP contribution is 2.43. The minimum atomic E-state index is 0.895. The quantitative estimate of drug-likeness (QED) is 0.677. The van der Waals surface area contributed by atoms with Gasteiger partial charge in [-0.1, -0.05) is 12.6 Å². The number of pyridine rings is 2.